The van der Waals surface area contributed by atoms with Gasteiger partial charge in [0, 0.05) is 14.9 Å². The van der Waals surface area contributed by atoms with Crippen LogP contribution in [0.4, 0.5) is 8.78 Å². The molecule has 0 N–H and O–H groups in total. The van der Waals surface area contributed by atoms with Gasteiger partial charge in [0.15, 0.2) is 0 Å². The molecule has 0 unspecified atom stereocenters. The van der Waals surface area contributed by atoms with Crippen LogP contribution in [0.3, 0.4) is 0 Å². The topological polar surface area (TPSA) is 48.8 Å². The lowest BCUT2D eigenvalue weighted by atomic mass is 10.1. The Hall–Kier alpha value is -1.13. The summed E-state index contributed by atoms with van der Waals surface area (Å²) in [7, 11) is 0. The van der Waals surface area contributed by atoms with Crippen molar-refractivity contribution in [1.29, 1.82) is 0 Å². The molecule has 0 aliphatic carbocycles. The molecule has 0 saturated carbocycles. The van der Waals surface area contributed by atoms with Gasteiger partial charge < -0.3 is 0 Å². The van der Waals surface area contributed by atoms with Gasteiger partial charge in [-0.05, 0) is 17.2 Å². The fourth-order valence-corrected chi connectivity index (χ4v) is 1.56. The molecule has 0 heterocycles. The molecule has 74 valence electrons. The fraction of sp³-hybridized carbons (Fsp3) is 0.250. The molecule has 3 nitrogen and oxygen atoms in total. The first-order valence-electron chi connectivity index (χ1n) is 3.72. The quantitative estimate of drug-likeness (QED) is 0.445. The SMILES string of the molecule is [N-]=[N+]=NCc1ccc(C(F)F)c(Br)c1. The highest BCUT2D eigenvalue weighted by Crippen LogP contribution is 2.28. The van der Waals surface area contributed by atoms with E-state index in [1.807, 2.05) is 0 Å². The smallest absolute Gasteiger partial charge is 0.205 e. The molecule has 1 aromatic carbocycles. The predicted octanol–water partition coefficient (Wildman–Crippen LogP) is 4.20. The average Bonchev–Trinajstić information content (AvgIpc) is 2.14. The summed E-state index contributed by atoms with van der Waals surface area (Å²) in [5, 5.41) is 3.33. The van der Waals surface area contributed by atoms with Crippen LogP contribution in [0.5, 0.6) is 0 Å². The number of azide groups is 1. The van der Waals surface area contributed by atoms with Crippen LogP contribution in [-0.4, -0.2) is 0 Å². The zero-order valence-electron chi connectivity index (χ0n) is 6.99. The van der Waals surface area contributed by atoms with E-state index in [-0.39, 0.29) is 12.1 Å². The largest absolute Gasteiger partial charge is 0.264 e. The molecule has 0 bridgehead atoms. The molecule has 0 saturated heterocycles. The zero-order chi connectivity index (χ0) is 10.6. The molecule has 6 heteroatoms. The summed E-state index contributed by atoms with van der Waals surface area (Å²) in [5.41, 5.74) is 8.70. The number of hydrogen-bond donors (Lipinski definition) is 0. The maximum absolute atomic E-state index is 12.3. The van der Waals surface area contributed by atoms with E-state index >= 15 is 0 Å². The molecule has 0 aromatic heterocycles. The third kappa shape index (κ3) is 2.68. The second-order valence-electron chi connectivity index (χ2n) is 2.55. The summed E-state index contributed by atoms with van der Waals surface area (Å²) in [6.07, 6.45) is -2.50. The van der Waals surface area contributed by atoms with E-state index in [0.29, 0.717) is 10.0 Å². The van der Waals surface area contributed by atoms with Gasteiger partial charge in [0.2, 0.25) is 0 Å². The first-order chi connectivity index (χ1) is 6.65. The number of nitrogens with zero attached hydrogens (tertiary/aromatic N) is 3. The van der Waals surface area contributed by atoms with Crippen molar-refractivity contribution < 1.29 is 8.78 Å². The Morgan fingerprint density at radius 3 is 2.71 bits per heavy atom. The summed E-state index contributed by atoms with van der Waals surface area (Å²) < 4.78 is 24.9. The van der Waals surface area contributed by atoms with Gasteiger partial charge in [-0.1, -0.05) is 33.2 Å². The highest BCUT2D eigenvalue weighted by atomic mass is 79.9. The van der Waals surface area contributed by atoms with Gasteiger partial charge in [0.1, 0.15) is 0 Å². The van der Waals surface area contributed by atoms with E-state index in [2.05, 4.69) is 26.0 Å². The van der Waals surface area contributed by atoms with Crippen LogP contribution >= 0.6 is 15.9 Å². The molecule has 0 aliphatic heterocycles. The number of hydrogen-bond acceptors (Lipinski definition) is 1. The first-order valence-corrected chi connectivity index (χ1v) is 4.51. The van der Waals surface area contributed by atoms with E-state index in [9.17, 15) is 8.78 Å². The summed E-state index contributed by atoms with van der Waals surface area (Å²) in [6.45, 7) is 0.165. The Balaban J connectivity index is 2.94. The fourth-order valence-electron chi connectivity index (χ4n) is 0.959. The van der Waals surface area contributed by atoms with E-state index in [1.165, 1.54) is 18.2 Å². The van der Waals surface area contributed by atoms with Crippen molar-refractivity contribution in [1.82, 2.24) is 0 Å². The second kappa shape index (κ2) is 4.93. The number of halogens is 3. The molecule has 0 aliphatic rings. The minimum absolute atomic E-state index is 0.0605. The van der Waals surface area contributed by atoms with E-state index in [4.69, 9.17) is 5.53 Å². The van der Waals surface area contributed by atoms with Crippen LogP contribution in [0.2, 0.25) is 0 Å². The van der Waals surface area contributed by atoms with Crippen molar-refractivity contribution in [3.8, 4) is 0 Å². The highest BCUT2D eigenvalue weighted by molar-refractivity contribution is 9.10. The third-order valence-electron chi connectivity index (χ3n) is 1.62. The van der Waals surface area contributed by atoms with Crippen molar-refractivity contribution in [2.75, 3.05) is 0 Å². The number of alkyl halides is 2. The molecule has 0 amide bonds. The van der Waals surface area contributed by atoms with E-state index < -0.39 is 6.43 Å². The Morgan fingerprint density at radius 1 is 1.50 bits per heavy atom. The monoisotopic (exact) mass is 261 g/mol. The highest BCUT2D eigenvalue weighted by Gasteiger charge is 2.10. The van der Waals surface area contributed by atoms with Crippen LogP contribution in [0.1, 0.15) is 17.6 Å². The van der Waals surface area contributed by atoms with Crippen molar-refractivity contribution in [2.24, 2.45) is 5.11 Å². The van der Waals surface area contributed by atoms with Gasteiger partial charge in [0.05, 0.1) is 6.54 Å². The Kier molecular flexibility index (Phi) is 3.85. The van der Waals surface area contributed by atoms with Gasteiger partial charge in [-0.15, -0.1) is 0 Å². The van der Waals surface area contributed by atoms with Crippen LogP contribution in [-0.2, 0) is 6.54 Å². The third-order valence-corrected chi connectivity index (χ3v) is 2.30. The van der Waals surface area contributed by atoms with Gasteiger partial charge in [-0.25, -0.2) is 8.78 Å². The van der Waals surface area contributed by atoms with Gasteiger partial charge in [-0.3, -0.25) is 0 Å². The Labute approximate surface area is 87.5 Å². The van der Waals surface area contributed by atoms with Crippen molar-refractivity contribution in [2.45, 2.75) is 13.0 Å². The summed E-state index contributed by atoms with van der Waals surface area (Å²) in [5.74, 6) is 0. The van der Waals surface area contributed by atoms with Crippen molar-refractivity contribution in [3.05, 3.63) is 44.2 Å². The lowest BCUT2D eigenvalue weighted by Crippen LogP contribution is -1.88. The van der Waals surface area contributed by atoms with Crippen LogP contribution in [0, 0.1) is 0 Å². The molecular formula is C8H6BrF2N3. The Morgan fingerprint density at radius 2 is 2.21 bits per heavy atom. The molecule has 1 aromatic rings. The molecule has 14 heavy (non-hydrogen) atoms. The van der Waals surface area contributed by atoms with Gasteiger partial charge in [0.25, 0.3) is 6.43 Å². The zero-order valence-corrected chi connectivity index (χ0v) is 8.58. The van der Waals surface area contributed by atoms with Gasteiger partial charge in [-0.2, -0.15) is 0 Å². The van der Waals surface area contributed by atoms with Crippen LogP contribution in [0.15, 0.2) is 27.8 Å². The molecule has 1 rings (SSSR count). The van der Waals surface area contributed by atoms with Gasteiger partial charge >= 0.3 is 0 Å². The minimum atomic E-state index is -2.50. The number of benzene rings is 1. The summed E-state index contributed by atoms with van der Waals surface area (Å²) in [4.78, 5) is 2.58. The normalized spacial score (nSPS) is 10.0. The molecular weight excluding hydrogens is 256 g/mol. The number of rotatable bonds is 3. The van der Waals surface area contributed by atoms with Crippen LogP contribution in [0.25, 0.3) is 10.4 Å². The average molecular weight is 262 g/mol. The molecule has 0 fully saturated rings. The molecule has 0 radical (unpaired) electrons. The Bertz CT molecular complexity index is 375. The minimum Gasteiger partial charge on any atom is -0.205 e. The lowest BCUT2D eigenvalue weighted by Gasteiger charge is -2.04. The summed E-state index contributed by atoms with van der Waals surface area (Å²) in [6, 6.07) is 4.36. The maximum Gasteiger partial charge on any atom is 0.264 e. The van der Waals surface area contributed by atoms with Crippen molar-refractivity contribution >= 4 is 15.9 Å². The van der Waals surface area contributed by atoms with Crippen LogP contribution < -0.4 is 0 Å². The van der Waals surface area contributed by atoms with E-state index in [0.717, 1.165) is 0 Å². The molecule has 0 spiro atoms. The standard InChI is InChI=1S/C8H6BrF2N3/c9-7-3-5(4-13-14-12)1-2-6(7)8(10)11/h1-3,8H,4H2. The first kappa shape index (κ1) is 10.9. The summed E-state index contributed by atoms with van der Waals surface area (Å²) >= 11 is 3.02. The van der Waals surface area contributed by atoms with Crippen molar-refractivity contribution in [3.63, 3.8) is 0 Å². The van der Waals surface area contributed by atoms with E-state index in [1.54, 1.807) is 0 Å². The second-order valence-corrected chi connectivity index (χ2v) is 3.40. The predicted molar refractivity (Wildman–Crippen MR) is 51.9 cm³/mol. The maximum atomic E-state index is 12.3. The molecule has 0 atom stereocenters. The lowest BCUT2D eigenvalue weighted by molar-refractivity contribution is 0.150.